The predicted octanol–water partition coefficient (Wildman–Crippen LogP) is 0.0851. The average molecular weight is 373 g/mol. The maximum atomic E-state index is 12.4. The van der Waals surface area contributed by atoms with Gasteiger partial charge in [-0.15, -0.1) is 0 Å². The van der Waals surface area contributed by atoms with Gasteiger partial charge in [0, 0.05) is 25.2 Å². The quantitative estimate of drug-likeness (QED) is 0.578. The first-order valence-electron chi connectivity index (χ1n) is 8.59. The molecule has 5 amide bonds. The number of esters is 1. The lowest BCUT2D eigenvalue weighted by molar-refractivity contribution is -0.157. The maximum absolute atomic E-state index is 12.4. The average Bonchev–Trinajstić information content (AvgIpc) is 3.06. The number of benzene rings is 1. The van der Waals surface area contributed by atoms with Gasteiger partial charge in [-0.3, -0.25) is 29.0 Å². The summed E-state index contributed by atoms with van der Waals surface area (Å²) in [6.45, 7) is 1.82. The van der Waals surface area contributed by atoms with Crippen LogP contribution in [0.1, 0.15) is 29.3 Å². The van der Waals surface area contributed by atoms with Crippen LogP contribution < -0.4 is 5.32 Å². The number of hydrogen-bond acceptors (Lipinski definition) is 6. The molecular weight excluding hydrogens is 354 g/mol. The Morgan fingerprint density at radius 3 is 2.67 bits per heavy atom. The molecule has 2 heterocycles. The molecule has 1 aromatic rings. The molecule has 1 atom stereocenters. The maximum Gasteiger partial charge on any atom is 0.324 e. The van der Waals surface area contributed by atoms with Gasteiger partial charge in [0.1, 0.15) is 0 Å². The fourth-order valence-electron chi connectivity index (χ4n) is 3.04. The number of urea groups is 1. The number of carbonyl (C=O) groups excluding carboxylic acids is 5. The van der Waals surface area contributed by atoms with Gasteiger partial charge in [-0.25, -0.2) is 4.79 Å². The third-order valence-corrected chi connectivity index (χ3v) is 4.45. The van der Waals surface area contributed by atoms with E-state index in [2.05, 4.69) is 5.32 Å². The largest absolute Gasteiger partial charge is 0.452 e. The molecule has 1 N–H and O–H groups in total. The zero-order valence-electron chi connectivity index (χ0n) is 14.8. The van der Waals surface area contributed by atoms with E-state index in [-0.39, 0.29) is 31.8 Å². The summed E-state index contributed by atoms with van der Waals surface area (Å²) >= 11 is 0. The highest BCUT2D eigenvalue weighted by Crippen LogP contribution is 2.19. The predicted molar refractivity (Wildman–Crippen MR) is 91.5 cm³/mol. The van der Waals surface area contributed by atoms with E-state index >= 15 is 0 Å². The molecule has 1 fully saturated rings. The third kappa shape index (κ3) is 3.81. The Kier molecular flexibility index (Phi) is 5.20. The van der Waals surface area contributed by atoms with Crippen molar-refractivity contribution < 1.29 is 28.7 Å². The number of nitrogens with one attached hydrogen (secondary N) is 1. The second kappa shape index (κ2) is 7.56. The van der Waals surface area contributed by atoms with Crippen molar-refractivity contribution in [3.05, 3.63) is 35.4 Å². The minimum absolute atomic E-state index is 0.0932. The van der Waals surface area contributed by atoms with Gasteiger partial charge in [0.2, 0.25) is 5.91 Å². The molecular formula is C18H19N3O6. The molecule has 27 heavy (non-hydrogen) atoms. The van der Waals surface area contributed by atoms with Crippen LogP contribution in [0.2, 0.25) is 0 Å². The zero-order chi connectivity index (χ0) is 19.6. The van der Waals surface area contributed by atoms with Gasteiger partial charge in [0.05, 0.1) is 12.8 Å². The topological polar surface area (TPSA) is 113 Å². The van der Waals surface area contributed by atoms with Crippen LogP contribution in [0.4, 0.5) is 4.79 Å². The number of rotatable bonds is 5. The summed E-state index contributed by atoms with van der Waals surface area (Å²) in [5.41, 5.74) is 1.10. The summed E-state index contributed by atoms with van der Waals surface area (Å²) in [5.74, 6) is -2.18. The van der Waals surface area contributed by atoms with Crippen molar-refractivity contribution in [2.45, 2.75) is 25.9 Å². The smallest absolute Gasteiger partial charge is 0.324 e. The first-order valence-corrected chi connectivity index (χ1v) is 8.59. The van der Waals surface area contributed by atoms with Crippen LogP contribution in [0.15, 0.2) is 24.3 Å². The highest BCUT2D eigenvalue weighted by Gasteiger charge is 2.33. The number of amides is 5. The lowest BCUT2D eigenvalue weighted by atomic mass is 9.98. The molecule has 0 spiro atoms. The van der Waals surface area contributed by atoms with Crippen molar-refractivity contribution in [3.8, 4) is 0 Å². The van der Waals surface area contributed by atoms with Gasteiger partial charge in [-0.05, 0) is 18.6 Å². The Labute approximate surface area is 155 Å². The Bertz CT molecular complexity index is 821. The van der Waals surface area contributed by atoms with Gasteiger partial charge >= 0.3 is 12.0 Å². The van der Waals surface area contributed by atoms with Crippen molar-refractivity contribution in [1.29, 1.82) is 0 Å². The first-order chi connectivity index (χ1) is 12.9. The first kappa shape index (κ1) is 18.6. The zero-order valence-corrected chi connectivity index (χ0v) is 14.8. The van der Waals surface area contributed by atoms with Crippen molar-refractivity contribution >= 4 is 29.7 Å². The lowest BCUT2D eigenvalue weighted by Gasteiger charge is -2.26. The van der Waals surface area contributed by atoms with Crippen molar-refractivity contribution in [2.24, 2.45) is 0 Å². The summed E-state index contributed by atoms with van der Waals surface area (Å²) in [4.78, 5) is 62.2. The summed E-state index contributed by atoms with van der Waals surface area (Å²) in [7, 11) is 0. The second-order valence-corrected chi connectivity index (χ2v) is 6.29. The van der Waals surface area contributed by atoms with Crippen LogP contribution in [-0.4, -0.2) is 65.3 Å². The number of nitrogens with zero attached hydrogens (tertiary/aromatic N) is 2. The number of hydrogen-bond donors (Lipinski definition) is 1. The molecule has 0 aromatic heterocycles. The van der Waals surface area contributed by atoms with E-state index in [0.29, 0.717) is 17.7 Å². The molecule has 2 aliphatic rings. The Morgan fingerprint density at radius 1 is 1.22 bits per heavy atom. The van der Waals surface area contributed by atoms with Gasteiger partial charge in [-0.1, -0.05) is 18.2 Å². The van der Waals surface area contributed by atoms with Crippen LogP contribution in [0.3, 0.4) is 0 Å². The monoisotopic (exact) mass is 373 g/mol. The SMILES string of the molecule is C[C@H](OC(=O)CCN1C(=O)Cc2ccccc2C1=O)C(=O)N1CCNC1=O. The number of carbonyl (C=O) groups is 5. The fourth-order valence-corrected chi connectivity index (χ4v) is 3.04. The minimum atomic E-state index is -1.13. The summed E-state index contributed by atoms with van der Waals surface area (Å²) in [6.07, 6.45) is -1.27. The molecule has 0 aliphatic carbocycles. The third-order valence-electron chi connectivity index (χ3n) is 4.45. The molecule has 9 heteroatoms. The van der Waals surface area contributed by atoms with Crippen LogP contribution >= 0.6 is 0 Å². The molecule has 3 rings (SSSR count). The van der Waals surface area contributed by atoms with Gasteiger partial charge in [-0.2, -0.15) is 0 Å². The molecule has 0 radical (unpaired) electrons. The molecule has 0 bridgehead atoms. The van der Waals surface area contributed by atoms with Crippen LogP contribution in [0.5, 0.6) is 0 Å². The minimum Gasteiger partial charge on any atom is -0.452 e. The molecule has 0 unspecified atom stereocenters. The molecule has 2 aliphatic heterocycles. The van der Waals surface area contributed by atoms with Crippen molar-refractivity contribution in [2.75, 3.05) is 19.6 Å². The highest BCUT2D eigenvalue weighted by molar-refractivity contribution is 6.09. The van der Waals surface area contributed by atoms with Crippen molar-refractivity contribution in [3.63, 3.8) is 0 Å². The molecule has 0 saturated carbocycles. The van der Waals surface area contributed by atoms with E-state index in [1.165, 1.54) is 6.92 Å². The summed E-state index contributed by atoms with van der Waals surface area (Å²) < 4.78 is 5.04. The van der Waals surface area contributed by atoms with Gasteiger partial charge in [0.15, 0.2) is 6.10 Å². The summed E-state index contributed by atoms with van der Waals surface area (Å²) in [5, 5.41) is 2.49. The molecule has 9 nitrogen and oxygen atoms in total. The van der Waals surface area contributed by atoms with Crippen LogP contribution in [-0.2, 0) is 25.5 Å². The molecule has 1 aromatic carbocycles. The van der Waals surface area contributed by atoms with E-state index < -0.39 is 29.9 Å². The second-order valence-electron chi connectivity index (χ2n) is 6.29. The van der Waals surface area contributed by atoms with E-state index in [4.69, 9.17) is 4.74 Å². The standard InChI is InChI=1S/C18H19N3O6/c1-11(16(24)21-9-7-19-18(21)26)27-15(23)6-8-20-14(22)10-12-4-2-3-5-13(12)17(20)25/h2-5,11H,6-10H2,1H3,(H,19,26)/t11-/m0/s1. The normalized spacial score (nSPS) is 17.4. The fraction of sp³-hybridized carbons (Fsp3) is 0.389. The highest BCUT2D eigenvalue weighted by atomic mass is 16.5. The lowest BCUT2D eigenvalue weighted by Crippen LogP contribution is -2.44. The molecule has 142 valence electrons. The van der Waals surface area contributed by atoms with Gasteiger partial charge < -0.3 is 10.1 Å². The van der Waals surface area contributed by atoms with Crippen molar-refractivity contribution in [1.82, 2.24) is 15.1 Å². The van der Waals surface area contributed by atoms with E-state index in [1.807, 2.05) is 0 Å². The van der Waals surface area contributed by atoms with E-state index in [1.54, 1.807) is 24.3 Å². The Morgan fingerprint density at radius 2 is 1.96 bits per heavy atom. The van der Waals surface area contributed by atoms with Crippen LogP contribution in [0.25, 0.3) is 0 Å². The van der Waals surface area contributed by atoms with E-state index in [0.717, 1.165) is 9.80 Å². The number of fused-ring (bicyclic) bond motifs is 1. The number of imide groups is 2. The Balaban J connectivity index is 1.54. The van der Waals surface area contributed by atoms with Gasteiger partial charge in [0.25, 0.3) is 11.8 Å². The van der Waals surface area contributed by atoms with Crippen LogP contribution in [0, 0.1) is 0 Å². The molecule has 1 saturated heterocycles. The Hall–Kier alpha value is -3.23. The number of ether oxygens (including phenoxy) is 1. The van der Waals surface area contributed by atoms with E-state index in [9.17, 15) is 24.0 Å². The summed E-state index contributed by atoms with van der Waals surface area (Å²) in [6, 6.07) is 6.30.